The summed E-state index contributed by atoms with van der Waals surface area (Å²) in [6, 6.07) is 0. The van der Waals surface area contributed by atoms with Crippen LogP contribution < -0.4 is 5.73 Å². The number of carbonyl (C=O) groups is 1. The first kappa shape index (κ1) is 7.54. The minimum Gasteiger partial charge on any atom is -0.481 e. The molecule has 1 aliphatic rings. The minimum absolute atomic E-state index is 0.117. The monoisotopic (exact) mass is 143 g/mol. The van der Waals surface area contributed by atoms with E-state index in [-0.39, 0.29) is 5.92 Å². The second-order valence-electron chi connectivity index (χ2n) is 2.95. The van der Waals surface area contributed by atoms with Crippen LogP contribution in [0.1, 0.15) is 19.3 Å². The molecule has 0 radical (unpaired) electrons. The highest BCUT2D eigenvalue weighted by Gasteiger charge is 2.28. The first-order valence-electron chi connectivity index (χ1n) is 3.67. The van der Waals surface area contributed by atoms with Gasteiger partial charge in [0.15, 0.2) is 0 Å². The lowest BCUT2D eigenvalue weighted by atomic mass is 10.1. The molecule has 2 unspecified atom stereocenters. The highest BCUT2D eigenvalue weighted by Crippen LogP contribution is 2.29. The largest absolute Gasteiger partial charge is 0.481 e. The zero-order valence-electron chi connectivity index (χ0n) is 5.92. The fourth-order valence-corrected chi connectivity index (χ4v) is 1.51. The van der Waals surface area contributed by atoms with Gasteiger partial charge in [-0.3, -0.25) is 4.79 Å². The predicted molar refractivity (Wildman–Crippen MR) is 37.5 cm³/mol. The normalized spacial score (nSPS) is 32.5. The van der Waals surface area contributed by atoms with Crippen LogP contribution in [0.15, 0.2) is 0 Å². The standard InChI is InChI=1S/C7H13NO2/c8-4-5-1-2-6(3-5)7(9)10/h5-6H,1-4,8H2,(H,9,10). The molecule has 0 saturated heterocycles. The van der Waals surface area contributed by atoms with E-state index in [0.717, 1.165) is 19.3 Å². The molecule has 1 fully saturated rings. The van der Waals surface area contributed by atoms with Crippen LogP contribution in [0.3, 0.4) is 0 Å². The quantitative estimate of drug-likeness (QED) is 0.589. The summed E-state index contributed by atoms with van der Waals surface area (Å²) in [5, 5.41) is 8.59. The average molecular weight is 143 g/mol. The Labute approximate surface area is 60.2 Å². The van der Waals surface area contributed by atoms with Gasteiger partial charge < -0.3 is 10.8 Å². The number of hydrogen-bond donors (Lipinski definition) is 2. The van der Waals surface area contributed by atoms with E-state index in [4.69, 9.17) is 10.8 Å². The topological polar surface area (TPSA) is 63.3 Å². The van der Waals surface area contributed by atoms with E-state index in [1.54, 1.807) is 0 Å². The summed E-state index contributed by atoms with van der Waals surface area (Å²) < 4.78 is 0. The van der Waals surface area contributed by atoms with Crippen LogP contribution >= 0.6 is 0 Å². The number of carboxylic acid groups (broad SMARTS) is 1. The molecule has 0 aromatic rings. The number of hydrogen-bond acceptors (Lipinski definition) is 2. The molecule has 1 aliphatic carbocycles. The average Bonchev–Trinajstić information content (AvgIpc) is 2.34. The maximum Gasteiger partial charge on any atom is 0.306 e. The summed E-state index contributed by atoms with van der Waals surface area (Å²) in [6.07, 6.45) is 2.59. The molecule has 0 amide bonds. The van der Waals surface area contributed by atoms with Gasteiger partial charge in [-0.1, -0.05) is 0 Å². The van der Waals surface area contributed by atoms with Gasteiger partial charge in [0.1, 0.15) is 0 Å². The highest BCUT2D eigenvalue weighted by molar-refractivity contribution is 5.70. The molecule has 1 saturated carbocycles. The summed E-state index contributed by atoms with van der Waals surface area (Å²) in [5.41, 5.74) is 5.40. The van der Waals surface area contributed by atoms with Crippen molar-refractivity contribution >= 4 is 5.97 Å². The highest BCUT2D eigenvalue weighted by atomic mass is 16.4. The maximum atomic E-state index is 10.4. The third kappa shape index (κ3) is 1.48. The van der Waals surface area contributed by atoms with Crippen molar-refractivity contribution in [3.63, 3.8) is 0 Å². The van der Waals surface area contributed by atoms with Crippen molar-refractivity contribution in [2.45, 2.75) is 19.3 Å². The molecule has 3 nitrogen and oxygen atoms in total. The van der Waals surface area contributed by atoms with Crippen LogP contribution in [0.2, 0.25) is 0 Å². The Morgan fingerprint density at radius 2 is 2.30 bits per heavy atom. The lowest BCUT2D eigenvalue weighted by Crippen LogP contribution is -2.13. The molecule has 1 rings (SSSR count). The van der Waals surface area contributed by atoms with E-state index in [1.165, 1.54) is 0 Å². The molecule has 0 aromatic heterocycles. The molecule has 58 valence electrons. The summed E-state index contributed by atoms with van der Waals surface area (Å²) >= 11 is 0. The van der Waals surface area contributed by atoms with Crippen molar-refractivity contribution in [1.29, 1.82) is 0 Å². The number of aliphatic carboxylic acids is 1. The van der Waals surface area contributed by atoms with E-state index in [1.807, 2.05) is 0 Å². The van der Waals surface area contributed by atoms with Crippen molar-refractivity contribution < 1.29 is 9.90 Å². The Morgan fingerprint density at radius 3 is 2.60 bits per heavy atom. The van der Waals surface area contributed by atoms with Crippen LogP contribution in [0.4, 0.5) is 0 Å². The Morgan fingerprint density at radius 1 is 1.60 bits per heavy atom. The number of nitrogens with two attached hydrogens (primary N) is 1. The fraction of sp³-hybridized carbons (Fsp3) is 0.857. The molecule has 3 N–H and O–H groups in total. The first-order valence-corrected chi connectivity index (χ1v) is 3.67. The molecule has 0 heterocycles. The number of carboxylic acids is 1. The maximum absolute atomic E-state index is 10.4. The summed E-state index contributed by atoms with van der Waals surface area (Å²) in [5.74, 6) is -0.314. The van der Waals surface area contributed by atoms with Crippen molar-refractivity contribution in [3.05, 3.63) is 0 Å². The third-order valence-electron chi connectivity index (χ3n) is 2.22. The molecule has 0 aliphatic heterocycles. The van der Waals surface area contributed by atoms with Gasteiger partial charge in [0.05, 0.1) is 5.92 Å². The zero-order valence-corrected chi connectivity index (χ0v) is 5.92. The van der Waals surface area contributed by atoms with E-state index < -0.39 is 5.97 Å². The molecular weight excluding hydrogens is 130 g/mol. The lowest BCUT2D eigenvalue weighted by molar-refractivity contribution is -0.141. The third-order valence-corrected chi connectivity index (χ3v) is 2.22. The van der Waals surface area contributed by atoms with Crippen LogP contribution in [-0.2, 0) is 4.79 Å². The van der Waals surface area contributed by atoms with Gasteiger partial charge in [-0.2, -0.15) is 0 Å². The molecule has 0 spiro atoms. The second kappa shape index (κ2) is 3.01. The number of rotatable bonds is 2. The Hall–Kier alpha value is -0.570. The SMILES string of the molecule is NCC1CCC(C(=O)O)C1. The van der Waals surface area contributed by atoms with Crippen LogP contribution in [-0.4, -0.2) is 17.6 Å². The van der Waals surface area contributed by atoms with Gasteiger partial charge in [-0.15, -0.1) is 0 Å². The smallest absolute Gasteiger partial charge is 0.306 e. The van der Waals surface area contributed by atoms with Crippen LogP contribution in [0.25, 0.3) is 0 Å². The predicted octanol–water partition coefficient (Wildman–Crippen LogP) is 0.446. The minimum atomic E-state index is -0.657. The van der Waals surface area contributed by atoms with E-state index in [2.05, 4.69) is 0 Å². The zero-order chi connectivity index (χ0) is 7.56. The first-order chi connectivity index (χ1) is 4.74. The summed E-state index contributed by atoms with van der Waals surface area (Å²) in [7, 11) is 0. The van der Waals surface area contributed by atoms with Crippen LogP contribution in [0.5, 0.6) is 0 Å². The van der Waals surface area contributed by atoms with Crippen molar-refractivity contribution in [2.24, 2.45) is 17.6 Å². The van der Waals surface area contributed by atoms with Gasteiger partial charge in [-0.25, -0.2) is 0 Å². The molecule has 3 heteroatoms. The molecule has 0 bridgehead atoms. The Bertz CT molecular complexity index is 136. The Balaban J connectivity index is 2.35. The molecular formula is C7H13NO2. The van der Waals surface area contributed by atoms with Gasteiger partial charge >= 0.3 is 5.97 Å². The lowest BCUT2D eigenvalue weighted by Gasteiger charge is -2.03. The molecule has 2 atom stereocenters. The van der Waals surface area contributed by atoms with E-state index >= 15 is 0 Å². The van der Waals surface area contributed by atoms with Gasteiger partial charge in [-0.05, 0) is 31.7 Å². The molecule has 0 aromatic carbocycles. The van der Waals surface area contributed by atoms with E-state index in [9.17, 15) is 4.79 Å². The van der Waals surface area contributed by atoms with Gasteiger partial charge in [0.2, 0.25) is 0 Å². The Kier molecular flexibility index (Phi) is 2.27. The second-order valence-corrected chi connectivity index (χ2v) is 2.95. The summed E-state index contributed by atoms with van der Waals surface area (Å²) in [6.45, 7) is 0.643. The van der Waals surface area contributed by atoms with Crippen molar-refractivity contribution in [3.8, 4) is 0 Å². The van der Waals surface area contributed by atoms with E-state index in [0.29, 0.717) is 12.5 Å². The van der Waals surface area contributed by atoms with Crippen LogP contribution in [0, 0.1) is 11.8 Å². The van der Waals surface area contributed by atoms with Gasteiger partial charge in [0, 0.05) is 0 Å². The fourth-order valence-electron chi connectivity index (χ4n) is 1.51. The van der Waals surface area contributed by atoms with Gasteiger partial charge in [0.25, 0.3) is 0 Å². The summed E-state index contributed by atoms with van der Waals surface area (Å²) in [4.78, 5) is 10.4. The van der Waals surface area contributed by atoms with Crippen molar-refractivity contribution in [1.82, 2.24) is 0 Å². The van der Waals surface area contributed by atoms with Crippen molar-refractivity contribution in [2.75, 3.05) is 6.54 Å². The molecule has 10 heavy (non-hydrogen) atoms.